The minimum absolute atomic E-state index is 1.11. The van der Waals surface area contributed by atoms with E-state index in [-0.39, 0.29) is 0 Å². The minimum atomic E-state index is 1.11. The van der Waals surface area contributed by atoms with Crippen LogP contribution in [0.4, 0.5) is 34.1 Å². The van der Waals surface area contributed by atoms with Gasteiger partial charge in [-0.25, -0.2) is 0 Å². The summed E-state index contributed by atoms with van der Waals surface area (Å²) in [5.74, 6) is 0. The van der Waals surface area contributed by atoms with Crippen LogP contribution in [0, 0.1) is 0 Å². The molecule has 4 nitrogen and oxygen atoms in total. The molecule has 480 valence electrons. The topological polar surface area (TPSA) is 16.3 Å². The first-order valence-electron chi connectivity index (χ1n) is 34.9. The number of anilines is 6. The molecule has 0 aliphatic heterocycles. The molecular weight excluding hydrogens is 1230 g/mol. The molecule has 0 aliphatic carbocycles. The summed E-state index contributed by atoms with van der Waals surface area (Å²) in [6, 6.07) is 149. The molecule has 2 aromatic heterocycles. The van der Waals surface area contributed by atoms with Crippen molar-refractivity contribution in [2.24, 2.45) is 0 Å². The maximum Gasteiger partial charge on any atom is 0.0541 e. The van der Waals surface area contributed by atoms with E-state index in [1.165, 1.54) is 132 Å². The molecule has 102 heavy (non-hydrogen) atoms. The number of nitrogens with zero attached hydrogens (tertiary/aromatic N) is 4. The second kappa shape index (κ2) is 26.7. The molecule has 0 N–H and O–H groups in total. The van der Waals surface area contributed by atoms with Gasteiger partial charge in [-0.2, -0.15) is 0 Å². The van der Waals surface area contributed by atoms with Crippen molar-refractivity contribution in [3.63, 3.8) is 0 Å². The summed E-state index contributed by atoms with van der Waals surface area (Å²) in [6.45, 7) is 0. The highest BCUT2D eigenvalue weighted by Crippen LogP contribution is 2.43. The van der Waals surface area contributed by atoms with Gasteiger partial charge in [0.1, 0.15) is 0 Å². The average molecular weight is 1300 g/mol. The first kappa shape index (κ1) is 60.8. The highest BCUT2D eigenvalue weighted by Gasteiger charge is 2.19. The van der Waals surface area contributed by atoms with Gasteiger partial charge in [-0.15, -0.1) is 0 Å². The fourth-order valence-electron chi connectivity index (χ4n) is 14.9. The van der Waals surface area contributed by atoms with Crippen molar-refractivity contribution in [2.75, 3.05) is 9.80 Å². The van der Waals surface area contributed by atoms with Crippen molar-refractivity contribution < 1.29 is 0 Å². The summed E-state index contributed by atoms with van der Waals surface area (Å²) >= 11 is 0. The summed E-state index contributed by atoms with van der Waals surface area (Å²) < 4.78 is 4.72. The molecule has 0 amide bonds. The molecule has 19 aromatic rings. The van der Waals surface area contributed by atoms with Gasteiger partial charge < -0.3 is 18.9 Å². The van der Waals surface area contributed by atoms with Crippen LogP contribution in [-0.4, -0.2) is 9.13 Å². The number of fused-ring (bicyclic) bond motifs is 8. The van der Waals surface area contributed by atoms with Crippen LogP contribution in [0.1, 0.15) is 0 Å². The van der Waals surface area contributed by atoms with Crippen LogP contribution in [0.5, 0.6) is 0 Å². The number of para-hydroxylation sites is 6. The van der Waals surface area contributed by atoms with E-state index in [1.807, 2.05) is 0 Å². The maximum absolute atomic E-state index is 2.36. The Hall–Kier alpha value is -13.5. The SMILES string of the molecule is c1ccc(N(c2ccc(-c3ccc(-c4ccc5c(c4)c4ccccc4n5-c4ccccc4)cc3)cc2)c2cccc(-c3ccc4ccccc4c3)c2)cc1.c1ccc(N(c2ccc(-c3ccc4ccccc4c3)cc2)c2ccc(-c3ccc4c(c3)c3ccccc3n4-c3ccccc3)cc2)cc1. The van der Waals surface area contributed by atoms with E-state index in [0.29, 0.717) is 0 Å². The van der Waals surface area contributed by atoms with Gasteiger partial charge >= 0.3 is 0 Å². The fraction of sp³-hybridized carbons (Fsp3) is 0. The van der Waals surface area contributed by atoms with Gasteiger partial charge in [-0.1, -0.05) is 267 Å². The number of hydrogen-bond donors (Lipinski definition) is 0. The highest BCUT2D eigenvalue weighted by molar-refractivity contribution is 6.12. The lowest BCUT2D eigenvalue weighted by molar-refractivity contribution is 1.18. The van der Waals surface area contributed by atoms with Gasteiger partial charge in [-0.3, -0.25) is 0 Å². The molecule has 0 bridgehead atoms. The van der Waals surface area contributed by atoms with E-state index in [2.05, 4.69) is 431 Å². The monoisotopic (exact) mass is 1300 g/mol. The summed E-state index contributed by atoms with van der Waals surface area (Å²) in [6.07, 6.45) is 0. The lowest BCUT2D eigenvalue weighted by atomic mass is 9.98. The zero-order valence-corrected chi connectivity index (χ0v) is 56.0. The summed E-state index contributed by atoms with van der Waals surface area (Å²) in [7, 11) is 0. The van der Waals surface area contributed by atoms with Gasteiger partial charge in [0.25, 0.3) is 0 Å². The summed E-state index contributed by atoms with van der Waals surface area (Å²) in [5.41, 5.74) is 25.9. The van der Waals surface area contributed by atoms with Crippen molar-refractivity contribution in [1.82, 2.24) is 9.13 Å². The Morgan fingerprint density at radius 1 is 0.147 bits per heavy atom. The van der Waals surface area contributed by atoms with Gasteiger partial charge in [0, 0.05) is 67.0 Å². The number of aromatic nitrogens is 2. The number of rotatable bonds is 13. The molecule has 0 fully saturated rings. The molecule has 0 saturated carbocycles. The van der Waals surface area contributed by atoms with Crippen molar-refractivity contribution in [3.8, 4) is 67.0 Å². The third kappa shape index (κ3) is 11.7. The Morgan fingerprint density at radius 2 is 0.422 bits per heavy atom. The van der Waals surface area contributed by atoms with E-state index in [1.54, 1.807) is 0 Å². The van der Waals surface area contributed by atoms with Crippen molar-refractivity contribution in [1.29, 1.82) is 0 Å². The summed E-state index contributed by atoms with van der Waals surface area (Å²) in [4.78, 5) is 4.66. The molecule has 2 heterocycles. The highest BCUT2D eigenvalue weighted by atomic mass is 15.1. The van der Waals surface area contributed by atoms with Crippen molar-refractivity contribution in [3.05, 3.63) is 413 Å². The fourth-order valence-corrected chi connectivity index (χ4v) is 14.9. The van der Waals surface area contributed by atoms with Crippen LogP contribution in [0.15, 0.2) is 413 Å². The molecule has 0 atom stereocenters. The van der Waals surface area contributed by atoms with Gasteiger partial charge in [-0.05, 0) is 223 Å². The number of benzene rings is 17. The average Bonchev–Trinajstić information content (AvgIpc) is 1.59. The van der Waals surface area contributed by atoms with Crippen LogP contribution in [-0.2, 0) is 0 Å². The molecule has 0 aliphatic rings. The Kier molecular flexibility index (Phi) is 15.9. The van der Waals surface area contributed by atoms with E-state index in [0.717, 1.165) is 34.1 Å². The lowest BCUT2D eigenvalue weighted by Crippen LogP contribution is -2.09. The van der Waals surface area contributed by atoms with Crippen LogP contribution in [0.2, 0.25) is 0 Å². The maximum atomic E-state index is 2.36. The normalized spacial score (nSPS) is 11.3. The predicted molar refractivity (Wildman–Crippen MR) is 433 cm³/mol. The van der Waals surface area contributed by atoms with E-state index < -0.39 is 0 Å². The van der Waals surface area contributed by atoms with Crippen molar-refractivity contribution >= 4 is 99.3 Å². The van der Waals surface area contributed by atoms with E-state index in [4.69, 9.17) is 0 Å². The molecule has 0 unspecified atom stereocenters. The standard InChI is InChI=1S/C52H36N2.C46H32N2/c1-3-15-45(16-4-1)53(48-19-11-14-42(35-48)43-27-26-37-12-7-8-13-41(37)34-43)47-31-28-39(29-32-47)38-22-24-40(25-23-38)44-30-33-52-50(36-44)49-20-9-10-21-51(49)54(52)46-17-5-2-6-18-46;1-3-13-39(14-4-1)47(41-26-21-34(22-27-41)37-20-19-33-11-7-8-12-36(33)31-37)42-28-23-35(24-29-42)38-25-30-46-44(32-38)43-17-9-10-18-45(43)48(46)40-15-5-2-6-16-40/h1-36H;1-32H. The molecule has 0 spiro atoms. The Bertz CT molecular complexity index is 6200. The Morgan fingerprint density at radius 3 is 0.853 bits per heavy atom. The third-order valence-electron chi connectivity index (χ3n) is 19.9. The van der Waals surface area contributed by atoms with Crippen LogP contribution in [0.3, 0.4) is 0 Å². The van der Waals surface area contributed by atoms with Crippen LogP contribution < -0.4 is 9.80 Å². The lowest BCUT2D eigenvalue weighted by Gasteiger charge is -2.26. The quantitative estimate of drug-likeness (QED) is 0.114. The molecule has 19 rings (SSSR count). The zero-order chi connectivity index (χ0) is 67.7. The Balaban J connectivity index is 0.000000147. The smallest absolute Gasteiger partial charge is 0.0541 e. The molecule has 0 saturated heterocycles. The van der Waals surface area contributed by atoms with Crippen LogP contribution >= 0.6 is 0 Å². The van der Waals surface area contributed by atoms with E-state index >= 15 is 0 Å². The van der Waals surface area contributed by atoms with Crippen molar-refractivity contribution in [2.45, 2.75) is 0 Å². The third-order valence-corrected chi connectivity index (χ3v) is 19.9. The largest absolute Gasteiger partial charge is 0.311 e. The summed E-state index contributed by atoms with van der Waals surface area (Å²) in [5, 5.41) is 10.1. The van der Waals surface area contributed by atoms with Crippen LogP contribution in [0.25, 0.3) is 132 Å². The minimum Gasteiger partial charge on any atom is -0.311 e. The molecule has 4 heteroatoms. The van der Waals surface area contributed by atoms with E-state index in [9.17, 15) is 0 Å². The first-order chi connectivity index (χ1) is 50.6. The zero-order valence-electron chi connectivity index (χ0n) is 56.0. The Labute approximate surface area is 594 Å². The molecule has 0 radical (unpaired) electrons. The predicted octanol–water partition coefficient (Wildman–Crippen LogP) is 27.1. The second-order valence-corrected chi connectivity index (χ2v) is 26.1. The van der Waals surface area contributed by atoms with Gasteiger partial charge in [0.05, 0.1) is 22.1 Å². The molecular formula is C98H68N4. The molecule has 17 aromatic carbocycles. The first-order valence-corrected chi connectivity index (χ1v) is 34.9. The number of hydrogen-bond acceptors (Lipinski definition) is 2. The second-order valence-electron chi connectivity index (χ2n) is 26.1. The van der Waals surface area contributed by atoms with Gasteiger partial charge in [0.2, 0.25) is 0 Å². The van der Waals surface area contributed by atoms with Gasteiger partial charge in [0.15, 0.2) is 0 Å².